The van der Waals surface area contributed by atoms with E-state index in [0.717, 1.165) is 56.1 Å². The molecule has 0 spiro atoms. The molecule has 0 N–H and O–H groups in total. The quantitative estimate of drug-likeness (QED) is 0.0903. The Morgan fingerprint density at radius 3 is 0.831 bits per heavy atom. The van der Waals surface area contributed by atoms with Gasteiger partial charge in [-0.2, -0.15) is 0 Å². The molecule has 0 aliphatic carbocycles. The van der Waals surface area contributed by atoms with E-state index < -0.39 is 5.60 Å². The van der Waals surface area contributed by atoms with E-state index in [4.69, 9.17) is 4.74 Å². The molecule has 2 nitrogen and oxygen atoms in total. The van der Waals surface area contributed by atoms with Crippen LogP contribution in [-0.4, -0.2) is 5.97 Å². The average Bonchev–Trinajstić information content (AvgIpc) is 3.67. The minimum atomic E-state index is -0.712. The first-order chi connectivity index (χ1) is 34.7. The molecule has 0 saturated heterocycles. The maximum atomic E-state index is 12.9. The number of fused-ring (bicyclic) bond motifs is 1. The van der Waals surface area contributed by atoms with Crippen molar-refractivity contribution in [1.82, 2.24) is 0 Å². The van der Waals surface area contributed by atoms with Crippen molar-refractivity contribution >= 4 is 5.97 Å². The zero-order valence-corrected chi connectivity index (χ0v) is 42.0. The van der Waals surface area contributed by atoms with Crippen LogP contribution in [0.1, 0.15) is 119 Å². The Hall–Kier alpha value is -7.55. The van der Waals surface area contributed by atoms with Gasteiger partial charge in [0.15, 0.2) is 0 Å². The van der Waals surface area contributed by atoms with Crippen LogP contribution >= 0.6 is 0 Å². The molecule has 1 aliphatic heterocycles. The molecule has 1 heterocycles. The highest BCUT2D eigenvalue weighted by Crippen LogP contribution is 2.42. The van der Waals surface area contributed by atoms with E-state index in [1.54, 1.807) is 0 Å². The zero-order valence-electron chi connectivity index (χ0n) is 42.0. The Labute approximate surface area is 423 Å². The van der Waals surface area contributed by atoms with Gasteiger partial charge in [0, 0.05) is 18.4 Å². The van der Waals surface area contributed by atoms with E-state index in [1.165, 1.54) is 83.5 Å². The Morgan fingerprint density at radius 2 is 0.549 bits per heavy atom. The van der Waals surface area contributed by atoms with Crippen LogP contribution in [0.2, 0.25) is 0 Å². The van der Waals surface area contributed by atoms with Gasteiger partial charge < -0.3 is 4.74 Å². The summed E-state index contributed by atoms with van der Waals surface area (Å²) in [6.07, 6.45) is 8.21. The zero-order chi connectivity index (χ0) is 49.0. The second-order valence-corrected chi connectivity index (χ2v) is 19.7. The van der Waals surface area contributed by atoms with Gasteiger partial charge in [-0.1, -0.05) is 237 Å². The van der Waals surface area contributed by atoms with Gasteiger partial charge in [0.1, 0.15) is 5.60 Å². The normalized spacial score (nSPS) is 13.8. The van der Waals surface area contributed by atoms with Crippen LogP contribution < -0.4 is 0 Å². The minimum Gasteiger partial charge on any atom is -0.450 e. The molecule has 71 heavy (non-hydrogen) atoms. The SMILES string of the molecule is CCc1ccc(CC2(Cc3ccc(Cc4ccc(Cc5ccc(C)cc5)cc4)cc3)OC(=O)c3ccccc32)cc1.CCc1ccc(Cc2ccc(Cc3ccc(Cc4ccc(C)cc4)cc3)cc2)cc1. The fraction of sp³-hybridized carbons (Fsp3) is 0.203. The minimum absolute atomic E-state index is 0.228. The van der Waals surface area contributed by atoms with Gasteiger partial charge in [0.25, 0.3) is 0 Å². The molecule has 10 rings (SSSR count). The fourth-order valence-electron chi connectivity index (χ4n) is 9.81. The van der Waals surface area contributed by atoms with E-state index in [9.17, 15) is 4.79 Å². The molecule has 1 aliphatic rings. The van der Waals surface area contributed by atoms with Crippen LogP contribution in [0.25, 0.3) is 0 Å². The molecule has 0 radical (unpaired) electrons. The molecule has 2 heteroatoms. The number of aryl methyl sites for hydroxylation is 4. The van der Waals surface area contributed by atoms with Crippen molar-refractivity contribution in [3.8, 4) is 0 Å². The average molecular weight is 927 g/mol. The predicted molar refractivity (Wildman–Crippen MR) is 295 cm³/mol. The third-order valence-electron chi connectivity index (χ3n) is 14.1. The Bertz CT molecular complexity index is 3110. The second-order valence-electron chi connectivity index (χ2n) is 19.7. The molecule has 0 saturated carbocycles. The van der Waals surface area contributed by atoms with Gasteiger partial charge >= 0.3 is 5.97 Å². The highest BCUT2D eigenvalue weighted by atomic mass is 16.6. The summed E-state index contributed by atoms with van der Waals surface area (Å²) < 4.78 is 6.23. The summed E-state index contributed by atoms with van der Waals surface area (Å²) in [7, 11) is 0. The maximum absolute atomic E-state index is 12.9. The van der Waals surface area contributed by atoms with Gasteiger partial charge in [-0.15, -0.1) is 0 Å². The Kier molecular flexibility index (Phi) is 15.6. The highest BCUT2D eigenvalue weighted by Gasteiger charge is 2.45. The number of cyclic esters (lactones) is 1. The monoisotopic (exact) mass is 927 g/mol. The topological polar surface area (TPSA) is 26.3 Å². The molecule has 9 aromatic carbocycles. The summed E-state index contributed by atoms with van der Waals surface area (Å²) >= 11 is 0. The van der Waals surface area contributed by atoms with Crippen LogP contribution in [0.4, 0.5) is 0 Å². The molecule has 1 unspecified atom stereocenters. The molecule has 0 aromatic heterocycles. The number of ether oxygens (including phenoxy) is 1. The summed E-state index contributed by atoms with van der Waals surface area (Å²) in [6, 6.07) is 79.1. The molecule has 0 fully saturated rings. The van der Waals surface area contributed by atoms with Gasteiger partial charge in [-0.05, 0) is 143 Å². The molecule has 0 amide bonds. The van der Waals surface area contributed by atoms with Gasteiger partial charge in [-0.25, -0.2) is 4.79 Å². The predicted octanol–water partition coefficient (Wildman–Crippen LogP) is 15.9. The van der Waals surface area contributed by atoms with Crippen molar-refractivity contribution in [2.75, 3.05) is 0 Å². The van der Waals surface area contributed by atoms with Crippen LogP contribution in [0.15, 0.2) is 218 Å². The lowest BCUT2D eigenvalue weighted by Crippen LogP contribution is -2.32. The van der Waals surface area contributed by atoms with Gasteiger partial charge in [0.2, 0.25) is 0 Å². The van der Waals surface area contributed by atoms with Crippen LogP contribution in [-0.2, 0) is 68.1 Å². The number of carbonyl (C=O) groups is 1. The van der Waals surface area contributed by atoms with Crippen LogP contribution in [0, 0.1) is 13.8 Å². The highest BCUT2D eigenvalue weighted by molar-refractivity contribution is 5.94. The van der Waals surface area contributed by atoms with E-state index in [-0.39, 0.29) is 5.97 Å². The summed E-state index contributed by atoms with van der Waals surface area (Å²) in [5.41, 5.74) is 22.1. The third-order valence-corrected chi connectivity index (χ3v) is 14.1. The lowest BCUT2D eigenvalue weighted by molar-refractivity contribution is -0.00821. The van der Waals surface area contributed by atoms with Crippen molar-refractivity contribution in [2.45, 2.75) is 91.1 Å². The van der Waals surface area contributed by atoms with Crippen LogP contribution in [0.5, 0.6) is 0 Å². The number of rotatable bonds is 16. The van der Waals surface area contributed by atoms with Crippen molar-refractivity contribution < 1.29 is 9.53 Å². The van der Waals surface area contributed by atoms with E-state index in [0.29, 0.717) is 18.4 Å². The smallest absolute Gasteiger partial charge is 0.339 e. The van der Waals surface area contributed by atoms with Gasteiger partial charge in [0.05, 0.1) is 5.56 Å². The number of esters is 1. The summed E-state index contributed by atoms with van der Waals surface area (Å²) in [4.78, 5) is 12.9. The molecular formula is C69H66O2. The van der Waals surface area contributed by atoms with Gasteiger partial charge in [-0.3, -0.25) is 0 Å². The number of hydrogen-bond acceptors (Lipinski definition) is 2. The maximum Gasteiger partial charge on any atom is 0.339 e. The fourth-order valence-corrected chi connectivity index (χ4v) is 9.81. The largest absolute Gasteiger partial charge is 0.450 e. The Balaban J connectivity index is 0.000000185. The first kappa shape index (κ1) is 48.5. The lowest BCUT2D eigenvalue weighted by Gasteiger charge is -2.29. The molecular weight excluding hydrogens is 861 g/mol. The van der Waals surface area contributed by atoms with E-state index >= 15 is 0 Å². The molecule has 1 atom stereocenters. The lowest BCUT2D eigenvalue weighted by atomic mass is 9.81. The number of benzene rings is 9. The van der Waals surface area contributed by atoms with Crippen molar-refractivity contribution in [1.29, 1.82) is 0 Å². The third kappa shape index (κ3) is 13.0. The summed E-state index contributed by atoms with van der Waals surface area (Å²) in [5, 5.41) is 0. The Morgan fingerprint density at radius 1 is 0.310 bits per heavy atom. The number of hydrogen-bond donors (Lipinski definition) is 0. The molecule has 354 valence electrons. The summed E-state index contributed by atoms with van der Waals surface area (Å²) in [6.45, 7) is 8.62. The van der Waals surface area contributed by atoms with Crippen molar-refractivity contribution in [2.24, 2.45) is 0 Å². The van der Waals surface area contributed by atoms with Crippen molar-refractivity contribution in [3.63, 3.8) is 0 Å². The first-order valence-corrected chi connectivity index (χ1v) is 25.6. The first-order valence-electron chi connectivity index (χ1n) is 25.6. The molecule has 0 bridgehead atoms. The number of carbonyl (C=O) groups excluding carboxylic acids is 1. The standard InChI is InChI=1S/C39H36O2.C30H30/c1-3-29-12-20-34(21-13-29)26-39(37-7-5-4-6-36(37)38(40)41-39)27-35-22-18-33(19-23-35)25-32-16-14-31(15-17-32)24-30-10-8-28(2)9-11-30;1-3-24-8-10-26(11-9-24)21-28-16-18-30(19-17-28)22-29-14-12-27(13-15-29)20-25-6-4-23(2)5-7-25/h4-23H,3,24-27H2,1-2H3;4-19H,3,20-22H2,1-2H3. The van der Waals surface area contributed by atoms with E-state index in [2.05, 4.69) is 228 Å². The van der Waals surface area contributed by atoms with E-state index in [1.807, 2.05) is 18.2 Å². The second kappa shape index (κ2) is 22.9. The molecule has 9 aromatic rings. The summed E-state index contributed by atoms with van der Waals surface area (Å²) in [5.74, 6) is -0.228. The van der Waals surface area contributed by atoms with Crippen molar-refractivity contribution in [3.05, 3.63) is 319 Å². The van der Waals surface area contributed by atoms with Crippen LogP contribution in [0.3, 0.4) is 0 Å².